The molecule has 154 valence electrons. The van der Waals surface area contributed by atoms with Crippen molar-refractivity contribution in [2.45, 2.75) is 18.3 Å². The fourth-order valence-corrected chi connectivity index (χ4v) is 3.41. The van der Waals surface area contributed by atoms with Crippen LogP contribution in [0.1, 0.15) is 22.8 Å². The minimum atomic E-state index is -4.96. The van der Waals surface area contributed by atoms with Gasteiger partial charge in [0.1, 0.15) is 0 Å². The normalized spacial score (nSPS) is 12.2. The molecule has 3 rings (SSSR count). The molecular formula is C15H11F4N5O4S. The zero-order chi connectivity index (χ0) is 21.6. The van der Waals surface area contributed by atoms with E-state index in [0.29, 0.717) is 16.8 Å². The first-order valence-electron chi connectivity index (χ1n) is 7.65. The molecule has 1 N–H and O–H groups in total. The van der Waals surface area contributed by atoms with E-state index in [9.17, 15) is 30.8 Å². The molecule has 0 fully saturated rings. The van der Waals surface area contributed by atoms with Gasteiger partial charge in [-0.3, -0.25) is 9.52 Å². The largest absolute Gasteiger partial charge is 0.467 e. The topological polar surface area (TPSA) is 116 Å². The maximum atomic E-state index is 13.9. The Hall–Kier alpha value is -3.29. The molecule has 29 heavy (non-hydrogen) atoms. The highest BCUT2D eigenvalue weighted by molar-refractivity contribution is 7.92. The van der Waals surface area contributed by atoms with Crippen LogP contribution < -0.4 is 9.46 Å². The molecule has 0 atom stereocenters. The Morgan fingerprint density at radius 1 is 1.28 bits per heavy atom. The summed E-state index contributed by atoms with van der Waals surface area (Å²) in [7, 11) is -3.69. The predicted molar refractivity (Wildman–Crippen MR) is 89.5 cm³/mol. The third kappa shape index (κ3) is 3.70. The number of ketones is 1. The second-order valence-corrected chi connectivity index (χ2v) is 7.19. The number of alkyl halides is 3. The molecule has 0 spiro atoms. The zero-order valence-corrected chi connectivity index (χ0v) is 15.5. The predicted octanol–water partition coefficient (Wildman–Crippen LogP) is 2.29. The number of sulfonamides is 1. The van der Waals surface area contributed by atoms with Crippen LogP contribution in [0.2, 0.25) is 0 Å². The van der Waals surface area contributed by atoms with Gasteiger partial charge in [-0.2, -0.15) is 31.1 Å². The summed E-state index contributed by atoms with van der Waals surface area (Å²) in [5, 5.41) is 2.49. The van der Waals surface area contributed by atoms with Crippen molar-refractivity contribution in [1.82, 2.24) is 19.6 Å². The number of methoxy groups -OCH3 is 1. The second-order valence-electron chi connectivity index (χ2n) is 5.61. The van der Waals surface area contributed by atoms with Gasteiger partial charge in [-0.25, -0.2) is 9.37 Å². The number of hydrogen-bond donors (Lipinski definition) is 1. The van der Waals surface area contributed by atoms with Gasteiger partial charge in [-0.15, -0.1) is 5.10 Å². The van der Waals surface area contributed by atoms with Crippen molar-refractivity contribution in [3.63, 3.8) is 0 Å². The molecule has 0 aliphatic heterocycles. The van der Waals surface area contributed by atoms with E-state index in [2.05, 4.69) is 15.1 Å². The van der Waals surface area contributed by atoms with Crippen molar-refractivity contribution in [1.29, 1.82) is 0 Å². The number of nitrogens with one attached hydrogen (secondary N) is 1. The molecule has 9 nitrogen and oxygen atoms in total. The maximum Gasteiger partial charge on any atom is 0.418 e. The summed E-state index contributed by atoms with van der Waals surface area (Å²) in [4.78, 5) is 18.8. The van der Waals surface area contributed by atoms with Crippen molar-refractivity contribution >= 4 is 27.1 Å². The quantitative estimate of drug-likeness (QED) is 0.485. The number of hydrogen-bond acceptors (Lipinski definition) is 7. The Morgan fingerprint density at radius 3 is 2.55 bits per heavy atom. The Balaban J connectivity index is 2.17. The summed E-state index contributed by atoms with van der Waals surface area (Å²) in [6, 6.07) is 2.29. The smallest absolute Gasteiger partial charge is 0.418 e. The standard InChI is InChI=1S/C15H11F4N5O4S/c1-7(25)8-4-3-5-9(15(17,18)19)11(8)23-29(26,27)13-21-12-10(16)6-20-14(28-2)24(12)22-13/h3-6,23H,1-2H3. The lowest BCUT2D eigenvalue weighted by Crippen LogP contribution is -2.20. The lowest BCUT2D eigenvalue weighted by atomic mass is 10.0. The summed E-state index contributed by atoms with van der Waals surface area (Å²) in [5.74, 6) is -1.85. The Labute approximate surface area is 160 Å². The van der Waals surface area contributed by atoms with E-state index in [1.807, 2.05) is 0 Å². The third-order valence-electron chi connectivity index (χ3n) is 3.68. The van der Waals surface area contributed by atoms with E-state index >= 15 is 0 Å². The van der Waals surface area contributed by atoms with E-state index in [4.69, 9.17) is 4.74 Å². The van der Waals surface area contributed by atoms with Gasteiger partial charge in [0, 0.05) is 5.56 Å². The minimum Gasteiger partial charge on any atom is -0.467 e. The van der Waals surface area contributed by atoms with Crippen LogP contribution in [0.3, 0.4) is 0 Å². The van der Waals surface area contributed by atoms with Crippen molar-refractivity contribution in [3.05, 3.63) is 41.3 Å². The first kappa shape index (κ1) is 20.4. The zero-order valence-electron chi connectivity index (χ0n) is 14.7. The SMILES string of the molecule is COc1ncc(F)c2nc(S(=O)(=O)Nc3c(C(C)=O)cccc3C(F)(F)F)nn12. The Kier molecular flexibility index (Phi) is 4.90. The monoisotopic (exact) mass is 433 g/mol. The summed E-state index contributed by atoms with van der Waals surface area (Å²) in [6.07, 6.45) is -4.26. The number of Topliss-reactive ketones (excluding diaryl/α,β-unsaturated/α-hetero) is 1. The first-order chi connectivity index (χ1) is 13.5. The van der Waals surface area contributed by atoms with Crippen LogP contribution >= 0.6 is 0 Å². The van der Waals surface area contributed by atoms with E-state index in [-0.39, 0.29) is 6.01 Å². The van der Waals surface area contributed by atoms with Gasteiger partial charge in [-0.05, 0) is 19.1 Å². The highest BCUT2D eigenvalue weighted by Crippen LogP contribution is 2.37. The fraction of sp³-hybridized carbons (Fsp3) is 0.200. The van der Waals surface area contributed by atoms with Crippen LogP contribution in [0.5, 0.6) is 6.01 Å². The van der Waals surface area contributed by atoms with Crippen LogP contribution in [-0.4, -0.2) is 40.9 Å². The molecule has 2 heterocycles. The number of ether oxygens (including phenoxy) is 1. The first-order valence-corrected chi connectivity index (χ1v) is 9.13. The molecule has 0 aliphatic carbocycles. The molecule has 0 saturated heterocycles. The highest BCUT2D eigenvalue weighted by Gasteiger charge is 2.37. The van der Waals surface area contributed by atoms with Crippen LogP contribution in [0, 0.1) is 5.82 Å². The van der Waals surface area contributed by atoms with Gasteiger partial charge in [0.25, 0.3) is 15.2 Å². The van der Waals surface area contributed by atoms with E-state index in [1.165, 1.54) is 0 Å². The van der Waals surface area contributed by atoms with E-state index < -0.39 is 55.4 Å². The molecule has 0 bridgehead atoms. The van der Waals surface area contributed by atoms with Crippen LogP contribution in [0.25, 0.3) is 5.65 Å². The van der Waals surface area contributed by atoms with E-state index in [1.54, 1.807) is 4.72 Å². The maximum absolute atomic E-state index is 13.9. The second kappa shape index (κ2) is 6.95. The minimum absolute atomic E-state index is 0.310. The summed E-state index contributed by atoms with van der Waals surface area (Å²) >= 11 is 0. The number of fused-ring (bicyclic) bond motifs is 1. The van der Waals surface area contributed by atoms with Gasteiger partial charge < -0.3 is 4.74 Å². The average Bonchev–Trinajstić information content (AvgIpc) is 3.08. The number of para-hydroxylation sites is 1. The molecule has 0 unspecified atom stereocenters. The van der Waals surface area contributed by atoms with Crippen molar-refractivity contribution in [3.8, 4) is 6.01 Å². The lowest BCUT2D eigenvalue weighted by Gasteiger charge is -2.16. The third-order valence-corrected chi connectivity index (χ3v) is 4.81. The van der Waals surface area contributed by atoms with Gasteiger partial charge in [-0.1, -0.05) is 6.07 Å². The number of carbonyl (C=O) groups excluding carboxylic acids is 1. The number of carbonyl (C=O) groups is 1. The summed E-state index contributed by atoms with van der Waals surface area (Å²) < 4.78 is 86.3. The lowest BCUT2D eigenvalue weighted by molar-refractivity contribution is -0.136. The van der Waals surface area contributed by atoms with Gasteiger partial charge in [0.2, 0.25) is 0 Å². The number of anilines is 1. The van der Waals surface area contributed by atoms with Crippen LogP contribution in [0.15, 0.2) is 29.6 Å². The summed E-state index contributed by atoms with van der Waals surface area (Å²) in [5.41, 5.74) is -3.47. The molecular weight excluding hydrogens is 422 g/mol. The Morgan fingerprint density at radius 2 is 1.97 bits per heavy atom. The molecule has 0 amide bonds. The molecule has 14 heteroatoms. The molecule has 0 saturated carbocycles. The molecule has 3 aromatic rings. The summed E-state index contributed by atoms with van der Waals surface area (Å²) in [6.45, 7) is 0.975. The fourth-order valence-electron chi connectivity index (χ4n) is 2.43. The number of benzene rings is 1. The van der Waals surface area contributed by atoms with Crippen LogP contribution in [-0.2, 0) is 16.2 Å². The average molecular weight is 433 g/mol. The number of aromatic nitrogens is 4. The molecule has 1 aromatic carbocycles. The van der Waals surface area contributed by atoms with E-state index in [0.717, 1.165) is 26.2 Å². The number of halogens is 4. The van der Waals surface area contributed by atoms with Crippen molar-refractivity contribution in [2.75, 3.05) is 11.8 Å². The van der Waals surface area contributed by atoms with Crippen molar-refractivity contribution < 1.29 is 35.5 Å². The van der Waals surface area contributed by atoms with Crippen molar-refractivity contribution in [2.24, 2.45) is 0 Å². The van der Waals surface area contributed by atoms with Gasteiger partial charge in [0.05, 0.1) is 24.6 Å². The highest BCUT2D eigenvalue weighted by atomic mass is 32.2. The van der Waals surface area contributed by atoms with Gasteiger partial charge >= 0.3 is 12.2 Å². The van der Waals surface area contributed by atoms with Gasteiger partial charge in [0.15, 0.2) is 17.2 Å². The molecule has 0 aliphatic rings. The Bertz CT molecular complexity index is 1220. The number of rotatable bonds is 5. The molecule has 2 aromatic heterocycles. The van der Waals surface area contributed by atoms with Crippen LogP contribution in [0.4, 0.5) is 23.2 Å². The molecule has 0 radical (unpaired) electrons. The number of nitrogens with zero attached hydrogens (tertiary/aromatic N) is 4.